The van der Waals surface area contributed by atoms with Crippen molar-refractivity contribution in [3.63, 3.8) is 0 Å². The third-order valence-electron chi connectivity index (χ3n) is 2.88. The van der Waals surface area contributed by atoms with Crippen LogP contribution in [0.5, 0.6) is 0 Å². The van der Waals surface area contributed by atoms with Gasteiger partial charge in [0.2, 0.25) is 0 Å². The van der Waals surface area contributed by atoms with E-state index in [-0.39, 0.29) is 0 Å². The molecule has 122 valence electrons. The molecule has 0 atom stereocenters. The second-order valence-corrected chi connectivity index (χ2v) is 4.90. The normalized spacial score (nSPS) is 30.0. The molecule has 1 rings (SSSR count). The van der Waals surface area contributed by atoms with Crippen molar-refractivity contribution in [2.75, 3.05) is 0 Å². The van der Waals surface area contributed by atoms with Gasteiger partial charge in [0.15, 0.2) is 0 Å². The number of rotatable bonds is 0. The summed E-state index contributed by atoms with van der Waals surface area (Å²) in [6, 6.07) is 0. The summed E-state index contributed by atoms with van der Waals surface area (Å²) < 4.78 is 0. The Labute approximate surface area is 147 Å². The van der Waals surface area contributed by atoms with Crippen LogP contribution in [0.2, 0.25) is 0 Å². The van der Waals surface area contributed by atoms with Gasteiger partial charge in [-0.25, -0.2) is 0 Å². The summed E-state index contributed by atoms with van der Waals surface area (Å²) in [5.41, 5.74) is 0. The lowest BCUT2D eigenvalue weighted by atomic mass is 10.2. The van der Waals surface area contributed by atoms with Crippen LogP contribution in [0.1, 0.15) is 12.8 Å². The number of hydrogen-bond donors (Lipinski definition) is 0. The Bertz CT molecular complexity index is 565. The van der Waals surface area contributed by atoms with Crippen molar-refractivity contribution in [3.05, 3.63) is 134 Å². The van der Waals surface area contributed by atoms with Gasteiger partial charge in [-0.1, -0.05) is 134 Å². The summed E-state index contributed by atoms with van der Waals surface area (Å²) in [5.74, 6) is 0. The Morgan fingerprint density at radius 3 is 0.583 bits per heavy atom. The Morgan fingerprint density at radius 1 is 0.208 bits per heavy atom. The fraction of sp³-hybridized carbons (Fsp3) is 0.0833. The Morgan fingerprint density at radius 2 is 0.375 bits per heavy atom. The summed E-state index contributed by atoms with van der Waals surface area (Å²) in [7, 11) is 0. The molecule has 0 saturated heterocycles. The van der Waals surface area contributed by atoms with Gasteiger partial charge in [0, 0.05) is 0 Å². The van der Waals surface area contributed by atoms with Gasteiger partial charge < -0.3 is 0 Å². The highest BCUT2D eigenvalue weighted by Crippen LogP contribution is 1.94. The Kier molecular flexibility index (Phi) is 13.2. The fourth-order valence-electron chi connectivity index (χ4n) is 1.70. The molecular weight excluding hydrogens is 288 g/mol. The zero-order chi connectivity index (χ0) is 17.0. The molecule has 0 heteroatoms. The van der Waals surface area contributed by atoms with Gasteiger partial charge >= 0.3 is 0 Å². The molecule has 0 aromatic heterocycles. The van der Waals surface area contributed by atoms with Crippen molar-refractivity contribution in [2.24, 2.45) is 0 Å². The topological polar surface area (TPSA) is 0 Å². The molecule has 24 heavy (non-hydrogen) atoms. The van der Waals surface area contributed by atoms with Crippen molar-refractivity contribution in [2.45, 2.75) is 12.8 Å². The van der Waals surface area contributed by atoms with Gasteiger partial charge in [0.25, 0.3) is 0 Å². The number of allylic oxidation sites excluding steroid dienone is 22. The summed E-state index contributed by atoms with van der Waals surface area (Å²) in [5, 5.41) is 0. The lowest BCUT2D eigenvalue weighted by molar-refractivity contribution is 1.05. The van der Waals surface area contributed by atoms with E-state index in [2.05, 4.69) is 36.5 Å². The van der Waals surface area contributed by atoms with E-state index in [9.17, 15) is 0 Å². The van der Waals surface area contributed by atoms with Crippen molar-refractivity contribution >= 4 is 0 Å². The molecule has 0 amide bonds. The van der Waals surface area contributed by atoms with E-state index in [4.69, 9.17) is 0 Å². The molecule has 0 bridgehead atoms. The predicted molar refractivity (Wildman–Crippen MR) is 110 cm³/mol. The largest absolute Gasteiger partial charge is 0.0842 e. The smallest absolute Gasteiger partial charge is 0.0313 e. The van der Waals surface area contributed by atoms with Gasteiger partial charge in [-0.15, -0.1) is 0 Å². The van der Waals surface area contributed by atoms with Crippen LogP contribution in [0.3, 0.4) is 0 Å². The lowest BCUT2D eigenvalue weighted by Gasteiger charge is -1.84. The first-order valence-electron chi connectivity index (χ1n) is 8.32. The molecule has 0 aromatic carbocycles. The third-order valence-corrected chi connectivity index (χ3v) is 2.88. The van der Waals surface area contributed by atoms with E-state index in [1.165, 1.54) is 0 Å². The minimum absolute atomic E-state index is 1.06. The highest BCUT2D eigenvalue weighted by Gasteiger charge is 1.74. The maximum atomic E-state index is 2.18. The van der Waals surface area contributed by atoms with Crippen LogP contribution in [-0.2, 0) is 0 Å². The SMILES string of the molecule is C1=CCC\C=C/C=C/C=C/C=C/C=C\C=C\C=C\C=C\C=C\C=C/1. The Hall–Kier alpha value is -2.86. The second kappa shape index (κ2) is 16.5. The van der Waals surface area contributed by atoms with E-state index < -0.39 is 0 Å². The highest BCUT2D eigenvalue weighted by molar-refractivity contribution is 5.22. The molecule has 0 spiro atoms. The van der Waals surface area contributed by atoms with Gasteiger partial charge in [-0.05, 0) is 12.8 Å². The van der Waals surface area contributed by atoms with Crippen molar-refractivity contribution in [1.29, 1.82) is 0 Å². The van der Waals surface area contributed by atoms with Crippen molar-refractivity contribution in [3.8, 4) is 0 Å². The van der Waals surface area contributed by atoms with E-state index in [1.807, 2.05) is 97.2 Å². The first kappa shape index (κ1) is 19.2. The molecule has 0 saturated carbocycles. The molecule has 1 aliphatic rings. The Balaban J connectivity index is 2.60. The zero-order valence-corrected chi connectivity index (χ0v) is 14.1. The minimum Gasteiger partial charge on any atom is -0.0842 e. The average molecular weight is 314 g/mol. The second-order valence-electron chi connectivity index (χ2n) is 4.90. The van der Waals surface area contributed by atoms with E-state index in [1.54, 1.807) is 0 Å². The van der Waals surface area contributed by atoms with Gasteiger partial charge in [-0.3, -0.25) is 0 Å². The molecule has 0 nitrogen and oxygen atoms in total. The van der Waals surface area contributed by atoms with Crippen LogP contribution in [0.4, 0.5) is 0 Å². The molecule has 0 aromatic rings. The summed E-state index contributed by atoms with van der Waals surface area (Å²) >= 11 is 0. The maximum Gasteiger partial charge on any atom is -0.0313 e. The van der Waals surface area contributed by atoms with Gasteiger partial charge in [-0.2, -0.15) is 0 Å². The monoisotopic (exact) mass is 314 g/mol. The van der Waals surface area contributed by atoms with E-state index >= 15 is 0 Å². The van der Waals surface area contributed by atoms with Crippen LogP contribution in [-0.4, -0.2) is 0 Å². The van der Waals surface area contributed by atoms with Crippen LogP contribution >= 0.6 is 0 Å². The first-order chi connectivity index (χ1) is 12.0. The highest BCUT2D eigenvalue weighted by atomic mass is 13.8. The molecule has 0 fully saturated rings. The molecule has 1 aliphatic carbocycles. The van der Waals surface area contributed by atoms with Crippen LogP contribution in [0.15, 0.2) is 134 Å². The third kappa shape index (κ3) is 14.1. The van der Waals surface area contributed by atoms with Crippen LogP contribution in [0.25, 0.3) is 0 Å². The molecule has 0 aliphatic heterocycles. The standard InChI is InChI=1S/C24H26/c1-2-4-6-8-10-12-14-16-18-20-22-24-23-21-19-17-15-13-11-9-7-5-3-1/h1-22H,23-24H2/b2-1+,5-3-,6-4+,9-7+,10-8+,13-11+,14-12+,17-15+,18-16-,21-19-,22-20?. The fourth-order valence-corrected chi connectivity index (χ4v) is 1.70. The van der Waals surface area contributed by atoms with Crippen LogP contribution in [0, 0.1) is 0 Å². The molecule has 0 N–H and O–H groups in total. The zero-order valence-electron chi connectivity index (χ0n) is 14.1. The summed E-state index contributed by atoms with van der Waals surface area (Å²) in [4.78, 5) is 0. The van der Waals surface area contributed by atoms with Crippen molar-refractivity contribution < 1.29 is 0 Å². The number of hydrogen-bond acceptors (Lipinski definition) is 0. The lowest BCUT2D eigenvalue weighted by Crippen LogP contribution is -1.63. The molecular formula is C24H26. The quantitative estimate of drug-likeness (QED) is 0.456. The first-order valence-corrected chi connectivity index (χ1v) is 8.32. The minimum atomic E-state index is 1.06. The van der Waals surface area contributed by atoms with Gasteiger partial charge in [0.1, 0.15) is 0 Å². The average Bonchev–Trinajstić information content (AvgIpc) is 2.59. The molecule has 0 radical (unpaired) electrons. The predicted octanol–water partition coefficient (Wildman–Crippen LogP) is 6.90. The van der Waals surface area contributed by atoms with Crippen LogP contribution < -0.4 is 0 Å². The van der Waals surface area contributed by atoms with Crippen molar-refractivity contribution in [1.82, 2.24) is 0 Å². The maximum absolute atomic E-state index is 2.18. The van der Waals surface area contributed by atoms with E-state index in [0.717, 1.165) is 12.8 Å². The molecule has 0 unspecified atom stereocenters. The summed E-state index contributed by atoms with van der Waals surface area (Å²) in [6.45, 7) is 0. The molecule has 0 heterocycles. The summed E-state index contributed by atoms with van der Waals surface area (Å²) in [6.07, 6.45) is 47.0. The van der Waals surface area contributed by atoms with Gasteiger partial charge in [0.05, 0.1) is 0 Å². The van der Waals surface area contributed by atoms with E-state index in [0.29, 0.717) is 0 Å².